The van der Waals surface area contributed by atoms with E-state index in [-0.39, 0.29) is 24.9 Å². The Labute approximate surface area is 199 Å². The Hall–Kier alpha value is -3.13. The number of ether oxygens (including phenoxy) is 2. The molecule has 4 atom stereocenters. The number of alkyl halides is 3. The van der Waals surface area contributed by atoms with Crippen molar-refractivity contribution in [3.05, 3.63) is 29.3 Å². The molecule has 3 saturated heterocycles. The van der Waals surface area contributed by atoms with Crippen LogP contribution in [0.5, 0.6) is 0 Å². The van der Waals surface area contributed by atoms with Gasteiger partial charge in [0.2, 0.25) is 11.8 Å². The van der Waals surface area contributed by atoms with E-state index in [1.807, 2.05) is 0 Å². The average Bonchev–Trinajstić information content (AvgIpc) is 3.42. The van der Waals surface area contributed by atoms with Crippen LogP contribution in [0.4, 0.5) is 23.7 Å². The number of nitriles is 1. The Morgan fingerprint density at radius 1 is 1.11 bits per heavy atom. The molecule has 4 aliphatic rings. The van der Waals surface area contributed by atoms with Gasteiger partial charge in [0.05, 0.1) is 59.0 Å². The third-order valence-electron chi connectivity index (χ3n) is 7.61. The minimum Gasteiger partial charge on any atom is -0.446 e. The lowest BCUT2D eigenvalue weighted by Gasteiger charge is -2.44. The number of fused-ring (bicyclic) bond motifs is 5. The maximum Gasteiger partial charge on any atom is 0.417 e. The summed E-state index contributed by atoms with van der Waals surface area (Å²) in [7, 11) is 0. The number of likely N-dealkylation sites (tertiary alicyclic amines) is 1. The molecule has 3 heterocycles. The quantitative estimate of drug-likeness (QED) is 0.586. The van der Waals surface area contributed by atoms with Crippen LogP contribution in [-0.4, -0.2) is 53.2 Å². The number of hydrogen-bond acceptors (Lipinski definition) is 6. The van der Waals surface area contributed by atoms with E-state index < -0.39 is 58.2 Å². The highest BCUT2D eigenvalue weighted by molar-refractivity contribution is 6.23. The Morgan fingerprint density at radius 2 is 1.69 bits per heavy atom. The zero-order valence-corrected chi connectivity index (χ0v) is 19.2. The smallest absolute Gasteiger partial charge is 0.417 e. The third-order valence-corrected chi connectivity index (χ3v) is 7.61. The molecule has 35 heavy (non-hydrogen) atoms. The van der Waals surface area contributed by atoms with Crippen LogP contribution in [0.3, 0.4) is 0 Å². The van der Waals surface area contributed by atoms with E-state index >= 15 is 0 Å². The van der Waals surface area contributed by atoms with Gasteiger partial charge in [-0.2, -0.15) is 18.4 Å². The van der Waals surface area contributed by atoms with Crippen molar-refractivity contribution in [2.75, 3.05) is 18.0 Å². The number of carbonyl (C=O) groups is 3. The van der Waals surface area contributed by atoms with E-state index in [4.69, 9.17) is 14.7 Å². The maximum atomic E-state index is 13.5. The lowest BCUT2D eigenvalue weighted by Crippen LogP contribution is -2.59. The first-order valence-corrected chi connectivity index (χ1v) is 11.5. The SMILES string of the molecule is CC12CN(C(=O)OC3CCCC3)CC(C)(O1)C1C(=O)N(c3ccc(C#N)c(C(F)(F)F)c3)C(=O)C12. The summed E-state index contributed by atoms with van der Waals surface area (Å²) in [4.78, 5) is 42.1. The van der Waals surface area contributed by atoms with Gasteiger partial charge in [-0.05, 0) is 57.7 Å². The van der Waals surface area contributed by atoms with Gasteiger partial charge in [0.25, 0.3) is 0 Å². The number of amides is 3. The number of benzene rings is 1. The van der Waals surface area contributed by atoms with E-state index in [1.165, 1.54) is 11.0 Å². The largest absolute Gasteiger partial charge is 0.446 e. The van der Waals surface area contributed by atoms with Gasteiger partial charge in [0.1, 0.15) is 6.10 Å². The first-order valence-electron chi connectivity index (χ1n) is 11.5. The number of hydrogen-bond donors (Lipinski definition) is 0. The van der Waals surface area contributed by atoms with Crippen molar-refractivity contribution in [3.8, 4) is 6.07 Å². The predicted octanol–water partition coefficient (Wildman–Crippen LogP) is 3.63. The lowest BCUT2D eigenvalue weighted by molar-refractivity contribution is -0.165. The van der Waals surface area contributed by atoms with Gasteiger partial charge in [-0.25, -0.2) is 9.69 Å². The molecule has 186 valence electrons. The fourth-order valence-corrected chi connectivity index (χ4v) is 6.24. The highest BCUT2D eigenvalue weighted by Crippen LogP contribution is 2.55. The van der Waals surface area contributed by atoms with E-state index in [2.05, 4.69) is 0 Å². The van der Waals surface area contributed by atoms with Crippen molar-refractivity contribution in [2.45, 2.75) is 63.0 Å². The van der Waals surface area contributed by atoms with Crippen LogP contribution in [0.1, 0.15) is 50.7 Å². The number of anilines is 1. The molecule has 1 aliphatic carbocycles. The minimum atomic E-state index is -4.83. The molecule has 1 saturated carbocycles. The Bertz CT molecular complexity index is 1120. The van der Waals surface area contributed by atoms with Crippen molar-refractivity contribution >= 4 is 23.6 Å². The number of halogens is 3. The molecule has 11 heteroatoms. The highest BCUT2D eigenvalue weighted by Gasteiger charge is 2.72. The molecular weight excluding hydrogens is 467 g/mol. The number of imide groups is 1. The second-order valence-corrected chi connectivity index (χ2v) is 10.2. The Balaban J connectivity index is 1.45. The molecule has 0 aromatic heterocycles. The van der Waals surface area contributed by atoms with Crippen molar-refractivity contribution in [2.24, 2.45) is 11.8 Å². The summed E-state index contributed by atoms with van der Waals surface area (Å²) in [5.74, 6) is -3.33. The Kier molecular flexibility index (Phi) is 5.18. The van der Waals surface area contributed by atoms with Gasteiger partial charge in [-0.1, -0.05) is 0 Å². The maximum absolute atomic E-state index is 13.5. The zero-order chi connectivity index (χ0) is 25.3. The van der Waals surface area contributed by atoms with Crippen molar-refractivity contribution in [3.63, 3.8) is 0 Å². The monoisotopic (exact) mass is 491 g/mol. The summed E-state index contributed by atoms with van der Waals surface area (Å²) in [5, 5.41) is 9.05. The molecule has 3 amide bonds. The van der Waals surface area contributed by atoms with E-state index in [0.29, 0.717) is 6.07 Å². The van der Waals surface area contributed by atoms with Crippen LogP contribution in [0.15, 0.2) is 18.2 Å². The van der Waals surface area contributed by atoms with Crippen molar-refractivity contribution < 1.29 is 37.0 Å². The topological polar surface area (TPSA) is 99.9 Å². The zero-order valence-electron chi connectivity index (χ0n) is 19.2. The van der Waals surface area contributed by atoms with Gasteiger partial charge >= 0.3 is 12.3 Å². The minimum absolute atomic E-state index is 0.0172. The van der Waals surface area contributed by atoms with Crippen LogP contribution in [0.25, 0.3) is 0 Å². The predicted molar refractivity (Wildman–Crippen MR) is 114 cm³/mol. The average molecular weight is 491 g/mol. The van der Waals surface area contributed by atoms with Gasteiger partial charge in [-0.3, -0.25) is 9.59 Å². The number of nitrogens with zero attached hydrogens (tertiary/aromatic N) is 3. The van der Waals surface area contributed by atoms with Crippen LogP contribution in [0.2, 0.25) is 0 Å². The van der Waals surface area contributed by atoms with E-state index in [9.17, 15) is 27.6 Å². The lowest BCUT2D eigenvalue weighted by atomic mass is 9.79. The van der Waals surface area contributed by atoms with Crippen LogP contribution in [0, 0.1) is 23.2 Å². The number of rotatable bonds is 2. The van der Waals surface area contributed by atoms with Crippen LogP contribution >= 0.6 is 0 Å². The number of morpholine rings is 1. The summed E-state index contributed by atoms with van der Waals surface area (Å²) in [6.07, 6.45) is -1.92. The molecule has 0 radical (unpaired) electrons. The van der Waals surface area contributed by atoms with Gasteiger partial charge in [0, 0.05) is 0 Å². The molecule has 2 bridgehead atoms. The van der Waals surface area contributed by atoms with Crippen molar-refractivity contribution in [1.82, 2.24) is 4.90 Å². The first-order chi connectivity index (χ1) is 16.4. The summed E-state index contributed by atoms with van der Waals surface area (Å²) in [6.45, 7) is 3.31. The van der Waals surface area contributed by atoms with E-state index in [0.717, 1.165) is 42.7 Å². The van der Waals surface area contributed by atoms with Gasteiger partial charge in [-0.15, -0.1) is 0 Å². The molecule has 4 unspecified atom stereocenters. The summed E-state index contributed by atoms with van der Waals surface area (Å²) in [5.41, 5.74) is -4.50. The molecule has 4 fully saturated rings. The second-order valence-electron chi connectivity index (χ2n) is 10.2. The van der Waals surface area contributed by atoms with Crippen LogP contribution in [-0.2, 0) is 25.2 Å². The summed E-state index contributed by atoms with van der Waals surface area (Å²) in [6, 6.07) is 4.26. The molecule has 0 spiro atoms. The molecule has 5 rings (SSSR count). The molecule has 8 nitrogen and oxygen atoms in total. The normalized spacial score (nSPS) is 32.7. The standard InChI is InChI=1S/C24H24F3N3O5/c1-22-11-29(21(33)34-15-5-3-4-6-15)12-23(2,35-22)18-17(22)19(31)30(20(18)32)14-8-7-13(10-28)16(9-14)24(25,26)27/h7-9,15,17-18H,3-6,11-12H2,1-2H3. The fraction of sp³-hybridized carbons (Fsp3) is 0.583. The number of carbonyl (C=O) groups excluding carboxylic acids is 3. The van der Waals surface area contributed by atoms with Crippen LogP contribution < -0.4 is 4.90 Å². The van der Waals surface area contributed by atoms with Gasteiger partial charge < -0.3 is 14.4 Å². The third kappa shape index (κ3) is 3.57. The summed E-state index contributed by atoms with van der Waals surface area (Å²) < 4.78 is 52.3. The molecule has 3 aliphatic heterocycles. The molecule has 1 aromatic rings. The fourth-order valence-electron chi connectivity index (χ4n) is 6.24. The first kappa shape index (κ1) is 23.6. The van der Waals surface area contributed by atoms with Crippen molar-refractivity contribution in [1.29, 1.82) is 5.26 Å². The second kappa shape index (κ2) is 7.68. The van der Waals surface area contributed by atoms with Gasteiger partial charge in [0.15, 0.2) is 0 Å². The molecular formula is C24H24F3N3O5. The molecule has 0 N–H and O–H groups in total. The molecule has 1 aromatic carbocycles. The Morgan fingerprint density at radius 3 is 2.20 bits per heavy atom. The highest BCUT2D eigenvalue weighted by atomic mass is 19.4. The summed E-state index contributed by atoms with van der Waals surface area (Å²) >= 11 is 0. The van der Waals surface area contributed by atoms with E-state index in [1.54, 1.807) is 13.8 Å².